The smallest absolute Gasteiger partial charge is 0.394 e. The molecule has 0 bridgehead atoms. The van der Waals surface area contributed by atoms with E-state index in [4.69, 9.17) is 9.15 Å². The number of carbonyl (C=O) groups excluding carboxylic acids is 1. The van der Waals surface area contributed by atoms with Gasteiger partial charge in [0.05, 0.1) is 4.88 Å². The average molecular weight is 390 g/mol. The number of carbonyl (C=O) groups is 1. The number of anilines is 1. The highest BCUT2D eigenvalue weighted by molar-refractivity contribution is 7.15. The number of thiazole rings is 1. The molecule has 1 N–H and O–H groups in total. The molecule has 2 aromatic heterocycles. The van der Waals surface area contributed by atoms with Crippen molar-refractivity contribution in [1.29, 1.82) is 0 Å². The number of nitrogens with one attached hydrogen (secondary N) is 1. The second kappa shape index (κ2) is 7.24. The number of rotatable bonds is 5. The molecule has 1 saturated heterocycles. The lowest BCUT2D eigenvalue weighted by Crippen LogP contribution is -2.28. The molecule has 0 saturated carbocycles. The van der Waals surface area contributed by atoms with E-state index in [1.54, 1.807) is 0 Å². The number of ether oxygens (including phenoxy) is 1. The molecule has 142 valence electrons. The molecule has 0 unspecified atom stereocenters. The fourth-order valence-electron chi connectivity index (χ4n) is 3.21. The van der Waals surface area contributed by atoms with Crippen LogP contribution in [0.3, 0.4) is 0 Å². The van der Waals surface area contributed by atoms with Crippen molar-refractivity contribution < 1.29 is 18.3 Å². The SMILES string of the molecule is CC(=O)Nc1nc(F)c(CN2C[C@H](Oc3nc4ccccc4o3)C[C@@H]2C)s1. The van der Waals surface area contributed by atoms with E-state index >= 15 is 0 Å². The maximum atomic E-state index is 14.1. The van der Waals surface area contributed by atoms with Gasteiger partial charge in [-0.3, -0.25) is 9.69 Å². The molecule has 7 nitrogen and oxygen atoms in total. The van der Waals surface area contributed by atoms with Gasteiger partial charge in [0.2, 0.25) is 11.9 Å². The molecule has 3 aromatic rings. The van der Waals surface area contributed by atoms with Gasteiger partial charge in [-0.05, 0) is 19.1 Å². The summed E-state index contributed by atoms with van der Waals surface area (Å²) in [7, 11) is 0. The number of hydrogen-bond donors (Lipinski definition) is 1. The van der Waals surface area contributed by atoms with Gasteiger partial charge in [0, 0.05) is 32.5 Å². The minimum Gasteiger partial charge on any atom is -0.445 e. The van der Waals surface area contributed by atoms with Crippen LogP contribution in [0.1, 0.15) is 25.1 Å². The van der Waals surface area contributed by atoms with Crippen LogP contribution in [0.5, 0.6) is 6.08 Å². The standard InChI is InChI=1S/C18H19FN4O3S/c1-10-7-12(25-18-21-13-5-3-4-6-14(13)26-18)8-23(10)9-15-16(19)22-17(27-15)20-11(2)24/h3-6,10,12H,7-9H2,1-2H3,(H,20,22,24)/t10-,12+/m0/s1. The number of hydrogen-bond acceptors (Lipinski definition) is 7. The van der Waals surface area contributed by atoms with Crippen LogP contribution >= 0.6 is 11.3 Å². The van der Waals surface area contributed by atoms with Crippen LogP contribution in [0.15, 0.2) is 28.7 Å². The Morgan fingerprint density at radius 3 is 3.04 bits per heavy atom. The third-order valence-corrected chi connectivity index (χ3v) is 5.42. The Hall–Kier alpha value is -2.52. The molecule has 27 heavy (non-hydrogen) atoms. The molecule has 2 atom stereocenters. The average Bonchev–Trinajstić information content (AvgIpc) is 3.25. The maximum Gasteiger partial charge on any atom is 0.394 e. The van der Waals surface area contributed by atoms with E-state index in [1.807, 2.05) is 24.3 Å². The molecular formula is C18H19FN4O3S. The van der Waals surface area contributed by atoms with Gasteiger partial charge in [-0.15, -0.1) is 0 Å². The monoisotopic (exact) mass is 390 g/mol. The molecule has 0 radical (unpaired) electrons. The van der Waals surface area contributed by atoms with Crippen molar-refractivity contribution in [2.45, 2.75) is 39.0 Å². The van der Waals surface area contributed by atoms with Gasteiger partial charge in [0.1, 0.15) is 11.6 Å². The van der Waals surface area contributed by atoms with Crippen LogP contribution in [-0.2, 0) is 11.3 Å². The van der Waals surface area contributed by atoms with Gasteiger partial charge in [0.15, 0.2) is 10.7 Å². The molecule has 4 rings (SSSR count). The zero-order chi connectivity index (χ0) is 19.0. The molecule has 0 spiro atoms. The highest BCUT2D eigenvalue weighted by Gasteiger charge is 2.32. The van der Waals surface area contributed by atoms with Gasteiger partial charge in [0.25, 0.3) is 0 Å². The van der Waals surface area contributed by atoms with Crippen molar-refractivity contribution in [3.8, 4) is 6.08 Å². The summed E-state index contributed by atoms with van der Waals surface area (Å²) in [6.45, 7) is 4.49. The summed E-state index contributed by atoms with van der Waals surface area (Å²) in [5.41, 5.74) is 1.44. The lowest BCUT2D eigenvalue weighted by molar-refractivity contribution is -0.114. The predicted octanol–water partition coefficient (Wildman–Crippen LogP) is 3.42. The Balaban J connectivity index is 1.41. The fourth-order valence-corrected chi connectivity index (χ4v) is 4.13. The number of benzene rings is 1. The second-order valence-corrected chi connectivity index (χ2v) is 7.70. The first-order valence-electron chi connectivity index (χ1n) is 8.67. The molecular weight excluding hydrogens is 371 g/mol. The van der Waals surface area contributed by atoms with Crippen LogP contribution in [0.25, 0.3) is 11.1 Å². The highest BCUT2D eigenvalue weighted by atomic mass is 32.1. The van der Waals surface area contributed by atoms with Crippen molar-refractivity contribution in [2.75, 3.05) is 11.9 Å². The number of nitrogens with zero attached hydrogens (tertiary/aromatic N) is 3. The normalized spacial score (nSPS) is 20.3. The molecule has 1 amide bonds. The highest BCUT2D eigenvalue weighted by Crippen LogP contribution is 2.29. The molecule has 1 aromatic carbocycles. The van der Waals surface area contributed by atoms with Crippen LogP contribution in [-0.4, -0.2) is 39.5 Å². The lowest BCUT2D eigenvalue weighted by atomic mass is 10.2. The number of amides is 1. The van der Waals surface area contributed by atoms with Crippen molar-refractivity contribution >= 4 is 33.5 Å². The van der Waals surface area contributed by atoms with Gasteiger partial charge >= 0.3 is 6.08 Å². The Labute approximate surface area is 159 Å². The lowest BCUT2D eigenvalue weighted by Gasteiger charge is -2.19. The quantitative estimate of drug-likeness (QED) is 0.719. The van der Waals surface area contributed by atoms with E-state index in [1.165, 1.54) is 6.92 Å². The number of likely N-dealkylation sites (tertiary alicyclic amines) is 1. The zero-order valence-electron chi connectivity index (χ0n) is 14.9. The molecule has 1 aliphatic rings. The van der Waals surface area contributed by atoms with E-state index < -0.39 is 5.95 Å². The van der Waals surface area contributed by atoms with Crippen LogP contribution in [0.4, 0.5) is 9.52 Å². The summed E-state index contributed by atoms with van der Waals surface area (Å²) in [6.07, 6.45) is 0.962. The van der Waals surface area contributed by atoms with Gasteiger partial charge < -0.3 is 14.5 Å². The van der Waals surface area contributed by atoms with Crippen molar-refractivity contribution in [1.82, 2.24) is 14.9 Å². The maximum absolute atomic E-state index is 14.1. The number of halogens is 1. The minimum atomic E-state index is -0.542. The first kappa shape index (κ1) is 17.9. The number of oxazole rings is 1. The summed E-state index contributed by atoms with van der Waals surface area (Å²) >= 11 is 1.15. The number of fused-ring (bicyclic) bond motifs is 1. The van der Waals surface area contributed by atoms with Crippen LogP contribution in [0.2, 0.25) is 0 Å². The first-order valence-corrected chi connectivity index (χ1v) is 9.48. The van der Waals surface area contributed by atoms with Crippen LogP contribution in [0, 0.1) is 5.95 Å². The molecule has 3 heterocycles. The molecule has 1 aliphatic heterocycles. The summed E-state index contributed by atoms with van der Waals surface area (Å²) in [5.74, 6) is -0.809. The molecule has 9 heteroatoms. The van der Waals surface area contributed by atoms with E-state index in [9.17, 15) is 9.18 Å². The summed E-state index contributed by atoms with van der Waals surface area (Å²) in [4.78, 5) is 21.8. The second-order valence-electron chi connectivity index (χ2n) is 6.62. The van der Waals surface area contributed by atoms with E-state index in [-0.39, 0.29) is 29.3 Å². The summed E-state index contributed by atoms with van der Waals surface area (Å²) in [6, 6.07) is 7.71. The predicted molar refractivity (Wildman–Crippen MR) is 99.3 cm³/mol. The van der Waals surface area contributed by atoms with E-state index in [0.717, 1.165) is 23.3 Å². The van der Waals surface area contributed by atoms with Crippen molar-refractivity contribution in [3.05, 3.63) is 35.1 Å². The van der Waals surface area contributed by atoms with Gasteiger partial charge in [-0.25, -0.2) is 0 Å². The Kier molecular flexibility index (Phi) is 4.79. The topological polar surface area (TPSA) is 80.5 Å². The van der Waals surface area contributed by atoms with Gasteiger partial charge in [-0.1, -0.05) is 23.5 Å². The first-order chi connectivity index (χ1) is 13.0. The third-order valence-electron chi connectivity index (χ3n) is 4.49. The van der Waals surface area contributed by atoms with Crippen LogP contribution < -0.4 is 10.1 Å². The Morgan fingerprint density at radius 2 is 2.26 bits per heavy atom. The minimum absolute atomic E-state index is 0.0844. The van der Waals surface area contributed by atoms with E-state index in [2.05, 4.69) is 27.1 Å². The third kappa shape index (κ3) is 3.93. The fraction of sp³-hybridized carbons (Fsp3) is 0.389. The summed E-state index contributed by atoms with van der Waals surface area (Å²) < 4.78 is 25.6. The Bertz CT molecular complexity index is 940. The number of aromatic nitrogens is 2. The zero-order valence-corrected chi connectivity index (χ0v) is 15.8. The molecule has 0 aliphatic carbocycles. The van der Waals surface area contributed by atoms with Crippen molar-refractivity contribution in [3.63, 3.8) is 0 Å². The number of para-hydroxylation sites is 2. The van der Waals surface area contributed by atoms with E-state index in [0.29, 0.717) is 23.5 Å². The van der Waals surface area contributed by atoms with Gasteiger partial charge in [-0.2, -0.15) is 14.4 Å². The largest absolute Gasteiger partial charge is 0.445 e. The molecule has 1 fully saturated rings. The van der Waals surface area contributed by atoms with Crippen molar-refractivity contribution in [2.24, 2.45) is 0 Å². The summed E-state index contributed by atoms with van der Waals surface area (Å²) in [5, 5.41) is 2.80. The Morgan fingerprint density at radius 1 is 1.44 bits per heavy atom.